The Kier molecular flexibility index (Phi) is 8.42. The van der Waals surface area contributed by atoms with Crippen LogP contribution < -0.4 is 10.9 Å². The van der Waals surface area contributed by atoms with Gasteiger partial charge in [-0.25, -0.2) is 0 Å². The van der Waals surface area contributed by atoms with Crippen molar-refractivity contribution in [2.24, 2.45) is 0 Å². The number of nitrogens with zero attached hydrogens (tertiary/aromatic N) is 2. The highest BCUT2D eigenvalue weighted by molar-refractivity contribution is 7.80. The number of hydrogen-bond donors (Lipinski definition) is 2. The largest absolute Gasteiger partial charge is 0.356 e. The Morgan fingerprint density at radius 2 is 1.78 bits per heavy atom. The molecule has 0 spiro atoms. The third kappa shape index (κ3) is 6.17. The van der Waals surface area contributed by atoms with Crippen molar-refractivity contribution < 1.29 is 0 Å². The molecule has 170 valence electrons. The fourth-order valence-corrected chi connectivity index (χ4v) is 4.18. The minimum atomic E-state index is -0.0619. The van der Waals surface area contributed by atoms with E-state index in [2.05, 4.69) is 66.0 Å². The zero-order chi connectivity index (χ0) is 23.1. The number of H-pyrrole nitrogens is 1. The van der Waals surface area contributed by atoms with Crippen LogP contribution in [0, 0.1) is 6.92 Å². The van der Waals surface area contributed by atoms with Gasteiger partial charge in [-0.1, -0.05) is 55.8 Å². The summed E-state index contributed by atoms with van der Waals surface area (Å²) < 4.78 is 0. The van der Waals surface area contributed by atoms with Gasteiger partial charge in [0.1, 0.15) is 0 Å². The number of aryl methyl sites for hydroxylation is 1. The standard InChI is InChI=1S/C26H34N4OS/c1-5-29(6-2)14-15-30(26(32)27-20(4)21-10-8-7-9-11-21)18-23-17-22-16-19(3)12-13-24(22)28-25(23)31/h7-13,16-17,20H,5-6,14-15,18H2,1-4H3,(H,27,32)(H,28,31)/t20-/m0/s1. The second-order valence-corrected chi connectivity index (χ2v) is 8.63. The number of aromatic amines is 1. The van der Waals surface area contributed by atoms with Crippen LogP contribution in [0.15, 0.2) is 59.4 Å². The molecule has 5 nitrogen and oxygen atoms in total. The summed E-state index contributed by atoms with van der Waals surface area (Å²) in [5.74, 6) is 0. The van der Waals surface area contributed by atoms with E-state index in [1.54, 1.807) is 0 Å². The number of hydrogen-bond acceptors (Lipinski definition) is 3. The molecule has 32 heavy (non-hydrogen) atoms. The van der Waals surface area contributed by atoms with Gasteiger partial charge >= 0.3 is 0 Å². The van der Waals surface area contributed by atoms with E-state index in [1.165, 1.54) is 11.1 Å². The number of aromatic nitrogens is 1. The Morgan fingerprint density at radius 3 is 2.47 bits per heavy atom. The summed E-state index contributed by atoms with van der Waals surface area (Å²) in [5, 5.41) is 5.17. The molecule has 2 aromatic carbocycles. The first kappa shape index (κ1) is 24.0. The molecule has 3 rings (SSSR count). The maximum atomic E-state index is 12.8. The van der Waals surface area contributed by atoms with Crippen molar-refractivity contribution in [3.05, 3.63) is 81.6 Å². The topological polar surface area (TPSA) is 51.4 Å². The van der Waals surface area contributed by atoms with Gasteiger partial charge in [0.15, 0.2) is 5.11 Å². The molecule has 6 heteroatoms. The molecule has 0 unspecified atom stereocenters. The van der Waals surface area contributed by atoms with Crippen LogP contribution in [0.5, 0.6) is 0 Å². The number of fused-ring (bicyclic) bond motifs is 1. The van der Waals surface area contributed by atoms with Gasteiger partial charge in [-0.2, -0.15) is 0 Å². The van der Waals surface area contributed by atoms with Gasteiger partial charge in [0.25, 0.3) is 5.56 Å². The molecule has 1 heterocycles. The van der Waals surface area contributed by atoms with Gasteiger partial charge in [-0.3, -0.25) is 4.79 Å². The van der Waals surface area contributed by atoms with Gasteiger partial charge in [0, 0.05) is 24.2 Å². The fraction of sp³-hybridized carbons (Fsp3) is 0.385. The van der Waals surface area contributed by atoms with Gasteiger partial charge in [-0.05, 0) is 68.3 Å². The summed E-state index contributed by atoms with van der Waals surface area (Å²) in [4.78, 5) is 20.3. The Morgan fingerprint density at radius 1 is 1.06 bits per heavy atom. The zero-order valence-corrected chi connectivity index (χ0v) is 20.3. The Balaban J connectivity index is 1.83. The Hall–Kier alpha value is -2.70. The van der Waals surface area contributed by atoms with E-state index in [9.17, 15) is 4.79 Å². The highest BCUT2D eigenvalue weighted by Crippen LogP contribution is 2.16. The van der Waals surface area contributed by atoms with Crippen molar-refractivity contribution >= 4 is 28.2 Å². The van der Waals surface area contributed by atoms with Crippen LogP contribution in [0.4, 0.5) is 0 Å². The number of likely N-dealkylation sites (N-methyl/N-ethyl adjacent to an activating group) is 1. The van der Waals surface area contributed by atoms with Crippen molar-refractivity contribution in [1.82, 2.24) is 20.1 Å². The first-order valence-electron chi connectivity index (χ1n) is 11.4. The van der Waals surface area contributed by atoms with Crippen molar-refractivity contribution in [1.29, 1.82) is 0 Å². The lowest BCUT2D eigenvalue weighted by Crippen LogP contribution is -2.44. The predicted molar refractivity (Wildman–Crippen MR) is 138 cm³/mol. The summed E-state index contributed by atoms with van der Waals surface area (Å²) >= 11 is 5.82. The van der Waals surface area contributed by atoms with E-state index < -0.39 is 0 Å². The van der Waals surface area contributed by atoms with Gasteiger partial charge in [-0.15, -0.1) is 0 Å². The molecule has 2 N–H and O–H groups in total. The second kappa shape index (κ2) is 11.2. The first-order valence-corrected chi connectivity index (χ1v) is 11.8. The average Bonchev–Trinajstić information content (AvgIpc) is 2.79. The zero-order valence-electron chi connectivity index (χ0n) is 19.5. The van der Waals surface area contributed by atoms with E-state index in [1.807, 2.05) is 36.4 Å². The summed E-state index contributed by atoms with van der Waals surface area (Å²) in [6.45, 7) is 12.6. The van der Waals surface area contributed by atoms with E-state index in [0.717, 1.165) is 42.6 Å². The highest BCUT2D eigenvalue weighted by atomic mass is 32.1. The third-order valence-corrected chi connectivity index (χ3v) is 6.32. The minimum absolute atomic E-state index is 0.0619. The Bertz CT molecular complexity index is 1090. The number of thiocarbonyl (C=S) groups is 1. The van der Waals surface area contributed by atoms with Crippen molar-refractivity contribution in [2.75, 3.05) is 26.2 Å². The second-order valence-electron chi connectivity index (χ2n) is 8.24. The van der Waals surface area contributed by atoms with E-state index in [-0.39, 0.29) is 11.6 Å². The molecule has 1 aromatic heterocycles. The van der Waals surface area contributed by atoms with Crippen molar-refractivity contribution in [3.63, 3.8) is 0 Å². The van der Waals surface area contributed by atoms with E-state index >= 15 is 0 Å². The molecular weight excluding hydrogens is 416 g/mol. The maximum Gasteiger partial charge on any atom is 0.253 e. The number of benzene rings is 2. The fourth-order valence-electron chi connectivity index (χ4n) is 3.85. The number of rotatable bonds is 9. The van der Waals surface area contributed by atoms with E-state index in [0.29, 0.717) is 11.7 Å². The molecule has 3 aromatic rings. The molecule has 0 aliphatic rings. The molecular formula is C26H34N4OS. The molecule has 0 saturated heterocycles. The molecule has 0 radical (unpaired) electrons. The molecule has 0 saturated carbocycles. The summed E-state index contributed by atoms with van der Waals surface area (Å²) in [5.41, 5.74) is 3.87. The smallest absolute Gasteiger partial charge is 0.253 e. The molecule has 0 fully saturated rings. The van der Waals surface area contributed by atoms with Gasteiger partial charge < -0.3 is 20.1 Å². The summed E-state index contributed by atoms with van der Waals surface area (Å²) in [6.07, 6.45) is 0. The van der Waals surface area contributed by atoms with Crippen LogP contribution in [0.25, 0.3) is 10.9 Å². The lowest BCUT2D eigenvalue weighted by atomic mass is 10.1. The van der Waals surface area contributed by atoms with Crippen molar-refractivity contribution in [3.8, 4) is 0 Å². The number of pyridine rings is 1. The SMILES string of the molecule is CCN(CC)CCN(Cc1cc2cc(C)ccc2[nH]c1=O)C(=S)N[C@@H](C)c1ccccc1. The van der Waals surface area contributed by atoms with Crippen LogP contribution >= 0.6 is 12.2 Å². The average molecular weight is 451 g/mol. The predicted octanol–water partition coefficient (Wildman–Crippen LogP) is 4.62. The number of nitrogens with one attached hydrogen (secondary N) is 2. The van der Waals surface area contributed by atoms with Crippen LogP contribution in [0.3, 0.4) is 0 Å². The molecule has 0 bridgehead atoms. The maximum absolute atomic E-state index is 12.8. The van der Waals surface area contributed by atoms with Gasteiger partial charge in [0.2, 0.25) is 0 Å². The normalized spacial score (nSPS) is 12.2. The third-order valence-electron chi connectivity index (χ3n) is 5.95. The molecule has 0 amide bonds. The lowest BCUT2D eigenvalue weighted by Gasteiger charge is -2.30. The van der Waals surface area contributed by atoms with Gasteiger partial charge in [0.05, 0.1) is 12.6 Å². The lowest BCUT2D eigenvalue weighted by molar-refractivity contribution is 0.262. The van der Waals surface area contributed by atoms with Crippen LogP contribution in [0.2, 0.25) is 0 Å². The first-order chi connectivity index (χ1) is 15.4. The molecule has 1 atom stereocenters. The van der Waals surface area contributed by atoms with Crippen LogP contribution in [-0.4, -0.2) is 46.1 Å². The van der Waals surface area contributed by atoms with Crippen LogP contribution in [-0.2, 0) is 6.54 Å². The minimum Gasteiger partial charge on any atom is -0.356 e. The highest BCUT2D eigenvalue weighted by Gasteiger charge is 2.17. The summed E-state index contributed by atoms with van der Waals surface area (Å²) in [7, 11) is 0. The Labute approximate surface area is 196 Å². The monoisotopic (exact) mass is 450 g/mol. The molecule has 0 aliphatic carbocycles. The van der Waals surface area contributed by atoms with Crippen molar-refractivity contribution in [2.45, 2.75) is 40.3 Å². The van der Waals surface area contributed by atoms with Crippen LogP contribution in [0.1, 0.15) is 43.5 Å². The van der Waals surface area contributed by atoms with E-state index in [4.69, 9.17) is 12.2 Å². The quantitative estimate of drug-likeness (QED) is 0.466. The summed E-state index contributed by atoms with van der Waals surface area (Å²) in [6, 6.07) is 18.4. The molecule has 0 aliphatic heterocycles.